The number of imide groups is 1. The molecular formula is C15H26N2O2. The van der Waals surface area contributed by atoms with Gasteiger partial charge in [0.1, 0.15) is 0 Å². The zero-order valence-electron chi connectivity index (χ0n) is 12.3. The molecule has 1 N–H and O–H groups in total. The van der Waals surface area contributed by atoms with Crippen molar-refractivity contribution in [2.45, 2.75) is 77.4 Å². The van der Waals surface area contributed by atoms with E-state index in [1.807, 2.05) is 13.8 Å². The zero-order valence-corrected chi connectivity index (χ0v) is 12.3. The first-order valence-corrected chi connectivity index (χ1v) is 7.64. The highest BCUT2D eigenvalue weighted by molar-refractivity contribution is 6.05. The fourth-order valence-corrected chi connectivity index (χ4v) is 3.42. The number of carbonyl (C=O) groups is 2. The highest BCUT2D eigenvalue weighted by Gasteiger charge is 2.40. The lowest BCUT2D eigenvalue weighted by Gasteiger charge is -2.31. The second-order valence-corrected chi connectivity index (χ2v) is 6.26. The lowest BCUT2D eigenvalue weighted by Crippen LogP contribution is -2.46. The van der Waals surface area contributed by atoms with Crippen LogP contribution in [0.4, 0.5) is 0 Å². The minimum Gasteiger partial charge on any atom is -0.303 e. The van der Waals surface area contributed by atoms with Crippen molar-refractivity contribution in [2.75, 3.05) is 0 Å². The number of nitrogens with one attached hydrogen (secondary N) is 1. The number of likely N-dealkylation sites (tertiary alicyclic amines) is 1. The molecule has 2 amide bonds. The van der Waals surface area contributed by atoms with Crippen LogP contribution < -0.4 is 5.32 Å². The van der Waals surface area contributed by atoms with Crippen molar-refractivity contribution < 1.29 is 9.59 Å². The summed E-state index contributed by atoms with van der Waals surface area (Å²) in [4.78, 5) is 25.5. The fourth-order valence-electron chi connectivity index (χ4n) is 3.42. The highest BCUT2D eigenvalue weighted by atomic mass is 16.2. The van der Waals surface area contributed by atoms with Gasteiger partial charge in [0.15, 0.2) is 0 Å². The molecule has 0 spiro atoms. The smallest absolute Gasteiger partial charge is 0.247 e. The Morgan fingerprint density at radius 1 is 1.32 bits per heavy atom. The minimum absolute atomic E-state index is 0.0263. The van der Waals surface area contributed by atoms with E-state index in [1.165, 1.54) is 24.2 Å². The fraction of sp³-hybridized carbons (Fsp3) is 0.867. The quantitative estimate of drug-likeness (QED) is 0.793. The van der Waals surface area contributed by atoms with Crippen LogP contribution in [0.15, 0.2) is 0 Å². The minimum atomic E-state index is -0.282. The maximum Gasteiger partial charge on any atom is 0.247 e. The van der Waals surface area contributed by atoms with Crippen LogP contribution >= 0.6 is 0 Å². The third-order valence-electron chi connectivity index (χ3n) is 4.50. The zero-order chi connectivity index (χ0) is 14.0. The summed E-state index contributed by atoms with van der Waals surface area (Å²) in [6.45, 7) is 6.02. The normalized spacial score (nSPS) is 32.4. The van der Waals surface area contributed by atoms with Crippen LogP contribution in [-0.2, 0) is 9.59 Å². The van der Waals surface area contributed by atoms with Crippen molar-refractivity contribution >= 4 is 11.8 Å². The third kappa shape index (κ3) is 3.16. The highest BCUT2D eigenvalue weighted by Crippen LogP contribution is 2.28. The number of hydrogen-bond donors (Lipinski definition) is 1. The van der Waals surface area contributed by atoms with Crippen LogP contribution in [0, 0.1) is 5.92 Å². The molecule has 1 aliphatic heterocycles. The Hall–Kier alpha value is -0.900. The Morgan fingerprint density at radius 2 is 2.05 bits per heavy atom. The van der Waals surface area contributed by atoms with Crippen LogP contribution in [0.2, 0.25) is 0 Å². The van der Waals surface area contributed by atoms with Gasteiger partial charge in [-0.3, -0.25) is 14.5 Å². The van der Waals surface area contributed by atoms with Gasteiger partial charge in [-0.25, -0.2) is 0 Å². The van der Waals surface area contributed by atoms with Crippen molar-refractivity contribution in [1.29, 1.82) is 0 Å². The monoisotopic (exact) mass is 266 g/mol. The standard InChI is InChI=1S/C15H26N2O2/c1-4-11-6-5-7-12(8-11)16-13-9-14(18)17(10(2)3)15(13)19/h10-13,16H,4-9H2,1-3H3. The first kappa shape index (κ1) is 14.5. The summed E-state index contributed by atoms with van der Waals surface area (Å²) < 4.78 is 0. The molecule has 4 heteroatoms. The van der Waals surface area contributed by atoms with Gasteiger partial charge < -0.3 is 5.32 Å². The van der Waals surface area contributed by atoms with Crippen molar-refractivity contribution in [3.05, 3.63) is 0 Å². The molecule has 1 saturated heterocycles. The Balaban J connectivity index is 1.93. The molecule has 2 aliphatic rings. The van der Waals surface area contributed by atoms with Gasteiger partial charge in [0.2, 0.25) is 11.8 Å². The van der Waals surface area contributed by atoms with Crippen molar-refractivity contribution in [3.63, 3.8) is 0 Å². The van der Waals surface area contributed by atoms with Crippen LogP contribution in [0.25, 0.3) is 0 Å². The molecule has 0 aromatic rings. The Labute approximate surface area is 115 Å². The van der Waals surface area contributed by atoms with Crippen molar-refractivity contribution in [1.82, 2.24) is 10.2 Å². The molecule has 3 unspecified atom stereocenters. The van der Waals surface area contributed by atoms with Gasteiger partial charge in [-0.2, -0.15) is 0 Å². The Morgan fingerprint density at radius 3 is 2.63 bits per heavy atom. The Bertz CT molecular complexity index is 354. The van der Waals surface area contributed by atoms with E-state index in [1.54, 1.807) is 0 Å². The summed E-state index contributed by atoms with van der Waals surface area (Å²) in [5, 5.41) is 3.44. The number of rotatable bonds is 4. The van der Waals surface area contributed by atoms with E-state index in [0.717, 1.165) is 18.8 Å². The van der Waals surface area contributed by atoms with Crippen LogP contribution in [0.1, 0.15) is 59.3 Å². The number of hydrogen-bond acceptors (Lipinski definition) is 3. The summed E-state index contributed by atoms with van der Waals surface area (Å²) in [5.41, 5.74) is 0. The lowest BCUT2D eigenvalue weighted by atomic mass is 9.84. The van der Waals surface area contributed by atoms with E-state index < -0.39 is 0 Å². The molecule has 1 aliphatic carbocycles. The van der Waals surface area contributed by atoms with Gasteiger partial charge >= 0.3 is 0 Å². The number of amides is 2. The molecule has 0 aromatic heterocycles. The molecule has 19 heavy (non-hydrogen) atoms. The maximum absolute atomic E-state index is 12.2. The van der Waals surface area contributed by atoms with Gasteiger partial charge in [-0.15, -0.1) is 0 Å². The van der Waals surface area contributed by atoms with E-state index in [9.17, 15) is 9.59 Å². The summed E-state index contributed by atoms with van der Waals surface area (Å²) in [5.74, 6) is 0.721. The third-order valence-corrected chi connectivity index (χ3v) is 4.50. The molecule has 1 saturated carbocycles. The van der Waals surface area contributed by atoms with Crippen LogP contribution in [-0.4, -0.2) is 34.8 Å². The predicted molar refractivity (Wildman–Crippen MR) is 74.6 cm³/mol. The van der Waals surface area contributed by atoms with Gasteiger partial charge in [0, 0.05) is 12.1 Å². The summed E-state index contributed by atoms with van der Waals surface area (Å²) in [6.07, 6.45) is 6.38. The molecule has 1 heterocycles. The molecule has 4 nitrogen and oxygen atoms in total. The van der Waals surface area contributed by atoms with E-state index in [0.29, 0.717) is 12.5 Å². The van der Waals surface area contributed by atoms with E-state index >= 15 is 0 Å². The second kappa shape index (κ2) is 6.04. The van der Waals surface area contributed by atoms with Crippen LogP contribution in [0.5, 0.6) is 0 Å². The van der Waals surface area contributed by atoms with E-state index in [4.69, 9.17) is 0 Å². The molecular weight excluding hydrogens is 240 g/mol. The molecule has 2 rings (SSSR count). The van der Waals surface area contributed by atoms with E-state index in [2.05, 4.69) is 12.2 Å². The summed E-state index contributed by atoms with van der Waals surface area (Å²) in [6, 6.07) is 0.101. The molecule has 0 bridgehead atoms. The first-order valence-electron chi connectivity index (χ1n) is 7.64. The molecule has 3 atom stereocenters. The second-order valence-electron chi connectivity index (χ2n) is 6.26. The van der Waals surface area contributed by atoms with Crippen molar-refractivity contribution in [3.8, 4) is 0 Å². The number of carbonyl (C=O) groups excluding carboxylic acids is 2. The molecule has 2 fully saturated rings. The lowest BCUT2D eigenvalue weighted by molar-refractivity contribution is -0.140. The van der Waals surface area contributed by atoms with Gasteiger partial charge in [-0.05, 0) is 32.6 Å². The first-order chi connectivity index (χ1) is 9.02. The summed E-state index contributed by atoms with van der Waals surface area (Å²) >= 11 is 0. The number of nitrogens with zero attached hydrogens (tertiary/aromatic N) is 1. The van der Waals surface area contributed by atoms with E-state index in [-0.39, 0.29) is 23.9 Å². The largest absolute Gasteiger partial charge is 0.303 e. The van der Waals surface area contributed by atoms with Gasteiger partial charge in [0.05, 0.1) is 12.5 Å². The van der Waals surface area contributed by atoms with Gasteiger partial charge in [-0.1, -0.05) is 26.2 Å². The average Bonchev–Trinajstić information content (AvgIpc) is 2.64. The SMILES string of the molecule is CCC1CCCC(NC2CC(=O)N(C(C)C)C2=O)C1. The average molecular weight is 266 g/mol. The van der Waals surface area contributed by atoms with Gasteiger partial charge in [0.25, 0.3) is 0 Å². The summed E-state index contributed by atoms with van der Waals surface area (Å²) in [7, 11) is 0. The van der Waals surface area contributed by atoms with Crippen molar-refractivity contribution in [2.24, 2.45) is 5.92 Å². The predicted octanol–water partition coefficient (Wildman–Crippen LogP) is 2.08. The maximum atomic E-state index is 12.2. The molecule has 108 valence electrons. The molecule has 0 radical (unpaired) electrons. The topological polar surface area (TPSA) is 49.4 Å². The van der Waals surface area contributed by atoms with Crippen LogP contribution in [0.3, 0.4) is 0 Å². The Kier molecular flexibility index (Phi) is 4.61. The molecule has 0 aromatic carbocycles.